The van der Waals surface area contributed by atoms with Crippen LogP contribution in [0.25, 0.3) is 0 Å². The smallest absolute Gasteiger partial charge is 0.414 e. The van der Waals surface area contributed by atoms with Gasteiger partial charge < -0.3 is 19.3 Å². The molecule has 1 atom stereocenters. The fraction of sp³-hybridized carbons (Fsp3) is 0.391. The lowest BCUT2D eigenvalue weighted by Gasteiger charge is -2.35. The van der Waals surface area contributed by atoms with Crippen LogP contribution in [0.5, 0.6) is 0 Å². The second-order valence-corrected chi connectivity index (χ2v) is 7.67. The molecule has 31 heavy (non-hydrogen) atoms. The summed E-state index contributed by atoms with van der Waals surface area (Å²) < 4.78 is 25.5. The molecule has 0 unspecified atom stereocenters. The van der Waals surface area contributed by atoms with Crippen molar-refractivity contribution < 1.29 is 23.5 Å². The highest BCUT2D eigenvalue weighted by Crippen LogP contribution is 2.29. The van der Waals surface area contributed by atoms with Crippen molar-refractivity contribution in [3.05, 3.63) is 59.9 Å². The van der Waals surface area contributed by atoms with Gasteiger partial charge in [-0.3, -0.25) is 4.90 Å². The second-order valence-electron chi connectivity index (χ2n) is 7.67. The summed E-state index contributed by atoms with van der Waals surface area (Å²) >= 11 is 0. The quantitative estimate of drug-likeness (QED) is 0.721. The van der Waals surface area contributed by atoms with Crippen molar-refractivity contribution >= 4 is 23.6 Å². The predicted molar refractivity (Wildman–Crippen MR) is 115 cm³/mol. The molecule has 2 aromatic carbocycles. The van der Waals surface area contributed by atoms with E-state index >= 15 is 0 Å². The number of piperazine rings is 1. The monoisotopic (exact) mass is 427 g/mol. The molecule has 0 saturated carbocycles. The number of nitrogens with zero attached hydrogens (tertiary/aromatic N) is 3. The summed E-state index contributed by atoms with van der Waals surface area (Å²) in [6.07, 6.45) is -0.245. The molecule has 0 spiro atoms. The van der Waals surface area contributed by atoms with E-state index in [-0.39, 0.29) is 18.8 Å². The van der Waals surface area contributed by atoms with Crippen LogP contribution < -0.4 is 9.80 Å². The van der Waals surface area contributed by atoms with Gasteiger partial charge in [0.25, 0.3) is 0 Å². The van der Waals surface area contributed by atoms with Crippen molar-refractivity contribution in [3.8, 4) is 0 Å². The Morgan fingerprint density at radius 3 is 2.52 bits per heavy atom. The summed E-state index contributed by atoms with van der Waals surface area (Å²) in [5, 5.41) is 0. The number of cyclic esters (lactones) is 1. The van der Waals surface area contributed by atoms with Crippen molar-refractivity contribution in [3.63, 3.8) is 0 Å². The zero-order valence-electron chi connectivity index (χ0n) is 17.5. The number of anilines is 2. The first-order chi connectivity index (χ1) is 15.0. The maximum atomic E-state index is 14.8. The van der Waals surface area contributed by atoms with Gasteiger partial charge in [-0.05, 0) is 30.2 Å². The largest absolute Gasteiger partial charge is 0.445 e. The van der Waals surface area contributed by atoms with Crippen LogP contribution in [-0.4, -0.2) is 55.9 Å². The number of carbonyl (C=O) groups excluding carboxylic acids is 2. The fourth-order valence-corrected chi connectivity index (χ4v) is 3.81. The number of benzene rings is 2. The second kappa shape index (κ2) is 9.24. The first-order valence-corrected chi connectivity index (χ1v) is 10.5. The average Bonchev–Trinajstić information content (AvgIpc) is 3.19. The SMILES string of the molecule is CC[C@H]1CN(c2ccc(N3CCN(C(=O)OCc4ccccc4)CC3)c(F)c2)C(=O)O1. The molecule has 0 aromatic heterocycles. The molecular formula is C23H26FN3O4. The highest BCUT2D eigenvalue weighted by Gasteiger charge is 2.32. The zero-order valence-corrected chi connectivity index (χ0v) is 17.5. The van der Waals surface area contributed by atoms with Gasteiger partial charge in [0.1, 0.15) is 18.5 Å². The third-order valence-electron chi connectivity index (χ3n) is 5.66. The van der Waals surface area contributed by atoms with E-state index in [1.807, 2.05) is 42.2 Å². The Hall–Kier alpha value is -3.29. The topological polar surface area (TPSA) is 62.3 Å². The van der Waals surface area contributed by atoms with E-state index in [4.69, 9.17) is 9.47 Å². The van der Waals surface area contributed by atoms with E-state index < -0.39 is 11.9 Å². The summed E-state index contributed by atoms with van der Waals surface area (Å²) in [5.74, 6) is -0.398. The number of halogens is 1. The fourth-order valence-electron chi connectivity index (χ4n) is 3.81. The van der Waals surface area contributed by atoms with Crippen LogP contribution in [0.4, 0.5) is 25.4 Å². The Labute approximate surface area is 180 Å². The molecule has 0 radical (unpaired) electrons. The highest BCUT2D eigenvalue weighted by atomic mass is 19.1. The minimum Gasteiger partial charge on any atom is -0.445 e. The molecule has 2 amide bonds. The van der Waals surface area contributed by atoms with Crippen LogP contribution >= 0.6 is 0 Å². The maximum Gasteiger partial charge on any atom is 0.414 e. The molecule has 2 fully saturated rings. The van der Waals surface area contributed by atoms with E-state index in [0.29, 0.717) is 44.1 Å². The molecule has 7 nitrogen and oxygen atoms in total. The molecule has 2 aliphatic rings. The number of carbonyl (C=O) groups is 2. The first kappa shape index (κ1) is 21.0. The Morgan fingerprint density at radius 1 is 1.13 bits per heavy atom. The van der Waals surface area contributed by atoms with Crippen LogP contribution in [0, 0.1) is 5.82 Å². The van der Waals surface area contributed by atoms with Crippen molar-refractivity contribution in [1.29, 1.82) is 0 Å². The van der Waals surface area contributed by atoms with Gasteiger partial charge >= 0.3 is 12.2 Å². The van der Waals surface area contributed by atoms with Gasteiger partial charge in [-0.15, -0.1) is 0 Å². The van der Waals surface area contributed by atoms with E-state index in [1.54, 1.807) is 17.0 Å². The number of amides is 2. The summed E-state index contributed by atoms with van der Waals surface area (Å²) in [4.78, 5) is 29.3. The predicted octanol–water partition coefficient (Wildman–Crippen LogP) is 4.02. The van der Waals surface area contributed by atoms with Gasteiger partial charge in [0.05, 0.1) is 17.9 Å². The van der Waals surface area contributed by atoms with Crippen LogP contribution in [0.3, 0.4) is 0 Å². The average molecular weight is 427 g/mol. The van der Waals surface area contributed by atoms with E-state index in [2.05, 4.69) is 0 Å². The van der Waals surface area contributed by atoms with Crippen LogP contribution in [0.15, 0.2) is 48.5 Å². The highest BCUT2D eigenvalue weighted by molar-refractivity contribution is 5.90. The third kappa shape index (κ3) is 4.73. The van der Waals surface area contributed by atoms with Gasteiger partial charge in [0.2, 0.25) is 0 Å². The molecule has 8 heteroatoms. The maximum absolute atomic E-state index is 14.8. The van der Waals surface area contributed by atoms with Gasteiger partial charge in [-0.2, -0.15) is 0 Å². The lowest BCUT2D eigenvalue weighted by atomic mass is 10.2. The van der Waals surface area contributed by atoms with E-state index in [1.165, 1.54) is 11.0 Å². The van der Waals surface area contributed by atoms with E-state index in [0.717, 1.165) is 12.0 Å². The van der Waals surface area contributed by atoms with Gasteiger partial charge in [-0.25, -0.2) is 14.0 Å². The van der Waals surface area contributed by atoms with Crippen LogP contribution in [-0.2, 0) is 16.1 Å². The van der Waals surface area contributed by atoms with Gasteiger partial charge in [-0.1, -0.05) is 37.3 Å². The van der Waals surface area contributed by atoms with Gasteiger partial charge in [0, 0.05) is 26.2 Å². The minimum atomic E-state index is -0.443. The summed E-state index contributed by atoms with van der Waals surface area (Å²) in [6.45, 7) is 4.51. The third-order valence-corrected chi connectivity index (χ3v) is 5.66. The first-order valence-electron chi connectivity index (χ1n) is 10.5. The Bertz CT molecular complexity index is 932. The van der Waals surface area contributed by atoms with Crippen molar-refractivity contribution in [2.45, 2.75) is 26.1 Å². The van der Waals surface area contributed by atoms with Crippen LogP contribution in [0.1, 0.15) is 18.9 Å². The lowest BCUT2D eigenvalue weighted by Crippen LogP contribution is -2.49. The molecule has 2 saturated heterocycles. The Morgan fingerprint density at radius 2 is 1.87 bits per heavy atom. The number of hydrogen-bond donors (Lipinski definition) is 0. The summed E-state index contributed by atoms with van der Waals surface area (Å²) in [7, 11) is 0. The van der Waals surface area contributed by atoms with Crippen molar-refractivity contribution in [1.82, 2.24) is 4.90 Å². The van der Waals surface area contributed by atoms with Crippen LogP contribution in [0.2, 0.25) is 0 Å². The summed E-state index contributed by atoms with van der Waals surface area (Å²) in [5.41, 5.74) is 1.88. The molecule has 0 bridgehead atoms. The number of hydrogen-bond acceptors (Lipinski definition) is 5. The minimum absolute atomic E-state index is 0.162. The molecule has 2 aliphatic heterocycles. The van der Waals surface area contributed by atoms with Gasteiger partial charge in [0.15, 0.2) is 0 Å². The molecule has 0 N–H and O–H groups in total. The normalized spacial score (nSPS) is 18.8. The van der Waals surface area contributed by atoms with E-state index in [9.17, 15) is 14.0 Å². The standard InChI is InChI=1S/C23H26FN3O4/c1-2-19-15-27(23(29)31-19)18-8-9-21(20(24)14-18)25-10-12-26(13-11-25)22(28)30-16-17-6-4-3-5-7-17/h3-9,14,19H,2,10-13,15-16H2,1H3/t19-/m0/s1. The summed E-state index contributed by atoms with van der Waals surface area (Å²) in [6, 6.07) is 14.3. The Balaban J connectivity index is 1.32. The molecule has 4 rings (SSSR count). The lowest BCUT2D eigenvalue weighted by molar-refractivity contribution is 0.0941. The number of rotatable bonds is 5. The molecular weight excluding hydrogens is 401 g/mol. The Kier molecular flexibility index (Phi) is 6.25. The van der Waals surface area contributed by atoms with Crippen molar-refractivity contribution in [2.24, 2.45) is 0 Å². The molecule has 0 aliphatic carbocycles. The molecule has 164 valence electrons. The van der Waals surface area contributed by atoms with Crippen molar-refractivity contribution in [2.75, 3.05) is 42.5 Å². The molecule has 2 heterocycles. The molecule has 2 aromatic rings. The zero-order chi connectivity index (χ0) is 21.8. The number of ether oxygens (including phenoxy) is 2.